The smallest absolute Gasteiger partial charge is 0.0769 e. The van der Waals surface area contributed by atoms with Gasteiger partial charge in [0.1, 0.15) is 0 Å². The predicted octanol–water partition coefficient (Wildman–Crippen LogP) is 1.08. The minimum Gasteiger partial charge on any atom is -0.311 e. The molecule has 0 aliphatic carbocycles. The van der Waals surface area contributed by atoms with Crippen molar-refractivity contribution in [3.63, 3.8) is 0 Å². The SMILES string of the molecule is C#CC(C)(C)N1CC(C)NCC1C. The maximum absolute atomic E-state index is 5.53. The van der Waals surface area contributed by atoms with E-state index >= 15 is 0 Å². The topological polar surface area (TPSA) is 15.3 Å². The van der Waals surface area contributed by atoms with E-state index in [2.05, 4.69) is 43.8 Å². The second-order valence-electron chi connectivity index (χ2n) is 4.51. The maximum Gasteiger partial charge on any atom is 0.0769 e. The lowest BCUT2D eigenvalue weighted by Gasteiger charge is -2.44. The van der Waals surface area contributed by atoms with Crippen molar-refractivity contribution in [2.45, 2.75) is 45.3 Å². The summed E-state index contributed by atoms with van der Waals surface area (Å²) in [6.07, 6.45) is 5.53. The molecule has 1 rings (SSSR count). The van der Waals surface area contributed by atoms with Gasteiger partial charge in [-0.1, -0.05) is 5.92 Å². The van der Waals surface area contributed by atoms with Gasteiger partial charge in [0.25, 0.3) is 0 Å². The lowest BCUT2D eigenvalue weighted by Crippen LogP contribution is -2.60. The van der Waals surface area contributed by atoms with Crippen LogP contribution >= 0.6 is 0 Å². The Balaban J connectivity index is 2.72. The van der Waals surface area contributed by atoms with Gasteiger partial charge in [0.2, 0.25) is 0 Å². The number of nitrogens with zero attached hydrogens (tertiary/aromatic N) is 1. The van der Waals surface area contributed by atoms with Gasteiger partial charge in [0.05, 0.1) is 5.54 Å². The van der Waals surface area contributed by atoms with Crippen LogP contribution in [0, 0.1) is 12.3 Å². The van der Waals surface area contributed by atoms with Crippen LogP contribution in [0.5, 0.6) is 0 Å². The molecule has 0 aromatic carbocycles. The zero-order valence-electron chi connectivity index (χ0n) is 9.09. The van der Waals surface area contributed by atoms with Crippen LogP contribution in [0.3, 0.4) is 0 Å². The highest BCUT2D eigenvalue weighted by molar-refractivity contribution is 5.10. The Morgan fingerprint density at radius 3 is 2.62 bits per heavy atom. The van der Waals surface area contributed by atoms with Gasteiger partial charge in [0.15, 0.2) is 0 Å². The molecule has 2 unspecified atom stereocenters. The zero-order chi connectivity index (χ0) is 10.1. The third-order valence-electron chi connectivity index (χ3n) is 2.84. The normalized spacial score (nSPS) is 31.3. The molecule has 0 aromatic heterocycles. The van der Waals surface area contributed by atoms with E-state index in [1.165, 1.54) is 0 Å². The van der Waals surface area contributed by atoms with Crippen LogP contribution in [0.1, 0.15) is 27.7 Å². The lowest BCUT2D eigenvalue weighted by molar-refractivity contribution is 0.0761. The largest absolute Gasteiger partial charge is 0.311 e. The molecule has 1 aliphatic heterocycles. The van der Waals surface area contributed by atoms with Gasteiger partial charge in [0, 0.05) is 25.2 Å². The van der Waals surface area contributed by atoms with Crippen molar-refractivity contribution in [1.29, 1.82) is 0 Å². The molecule has 1 fully saturated rings. The van der Waals surface area contributed by atoms with Crippen molar-refractivity contribution in [2.75, 3.05) is 13.1 Å². The first kappa shape index (κ1) is 10.6. The highest BCUT2D eigenvalue weighted by atomic mass is 15.3. The summed E-state index contributed by atoms with van der Waals surface area (Å²) in [6.45, 7) is 10.7. The molecule has 0 amide bonds. The summed E-state index contributed by atoms with van der Waals surface area (Å²) >= 11 is 0. The number of hydrogen-bond donors (Lipinski definition) is 1. The van der Waals surface area contributed by atoms with Gasteiger partial charge >= 0.3 is 0 Å². The second-order valence-corrected chi connectivity index (χ2v) is 4.51. The van der Waals surface area contributed by atoms with Crippen molar-refractivity contribution in [1.82, 2.24) is 10.2 Å². The zero-order valence-corrected chi connectivity index (χ0v) is 9.09. The molecule has 1 N–H and O–H groups in total. The molecular weight excluding hydrogens is 160 g/mol. The Bertz CT molecular complexity index is 215. The summed E-state index contributed by atoms with van der Waals surface area (Å²) in [4.78, 5) is 2.40. The summed E-state index contributed by atoms with van der Waals surface area (Å²) < 4.78 is 0. The summed E-state index contributed by atoms with van der Waals surface area (Å²) in [6, 6.07) is 1.08. The van der Waals surface area contributed by atoms with Crippen LogP contribution in [-0.2, 0) is 0 Å². The van der Waals surface area contributed by atoms with Crippen LogP contribution in [0.4, 0.5) is 0 Å². The van der Waals surface area contributed by atoms with E-state index in [0.29, 0.717) is 12.1 Å². The Hall–Kier alpha value is -0.520. The lowest BCUT2D eigenvalue weighted by atomic mass is 9.98. The molecule has 13 heavy (non-hydrogen) atoms. The first-order valence-electron chi connectivity index (χ1n) is 4.95. The Morgan fingerprint density at radius 1 is 1.46 bits per heavy atom. The molecule has 2 nitrogen and oxygen atoms in total. The van der Waals surface area contributed by atoms with Crippen LogP contribution in [0.15, 0.2) is 0 Å². The van der Waals surface area contributed by atoms with Gasteiger partial charge in [-0.15, -0.1) is 6.42 Å². The molecule has 0 aromatic rings. The average Bonchev–Trinajstić information content (AvgIpc) is 2.09. The molecule has 1 heterocycles. The molecule has 0 bridgehead atoms. The fourth-order valence-electron chi connectivity index (χ4n) is 1.88. The van der Waals surface area contributed by atoms with E-state index in [4.69, 9.17) is 6.42 Å². The molecule has 1 saturated heterocycles. The van der Waals surface area contributed by atoms with Gasteiger partial charge < -0.3 is 5.32 Å². The van der Waals surface area contributed by atoms with Crippen molar-refractivity contribution in [3.8, 4) is 12.3 Å². The first-order valence-corrected chi connectivity index (χ1v) is 4.95. The maximum atomic E-state index is 5.53. The van der Waals surface area contributed by atoms with Gasteiger partial charge in [-0.05, 0) is 27.7 Å². The number of piperazine rings is 1. The fraction of sp³-hybridized carbons (Fsp3) is 0.818. The van der Waals surface area contributed by atoms with E-state index in [-0.39, 0.29) is 5.54 Å². The first-order chi connectivity index (χ1) is 5.97. The van der Waals surface area contributed by atoms with E-state index < -0.39 is 0 Å². The fourth-order valence-corrected chi connectivity index (χ4v) is 1.88. The molecule has 2 heteroatoms. The van der Waals surface area contributed by atoms with E-state index in [0.717, 1.165) is 13.1 Å². The molecule has 1 aliphatic rings. The molecule has 74 valence electrons. The molecule has 0 spiro atoms. The number of nitrogens with one attached hydrogen (secondary N) is 1. The highest BCUT2D eigenvalue weighted by Gasteiger charge is 2.32. The minimum atomic E-state index is -0.115. The third-order valence-corrected chi connectivity index (χ3v) is 2.84. The standard InChI is InChI=1S/C11H20N2/c1-6-11(4,5)13-8-9(2)12-7-10(13)3/h1,9-10,12H,7-8H2,2-5H3. The molecule has 0 radical (unpaired) electrons. The molecule has 0 saturated carbocycles. The van der Waals surface area contributed by atoms with Crippen molar-refractivity contribution < 1.29 is 0 Å². The third kappa shape index (κ3) is 2.24. The van der Waals surface area contributed by atoms with E-state index in [1.807, 2.05) is 0 Å². The van der Waals surface area contributed by atoms with Crippen molar-refractivity contribution in [3.05, 3.63) is 0 Å². The number of terminal acetylenes is 1. The van der Waals surface area contributed by atoms with Crippen molar-refractivity contribution >= 4 is 0 Å². The summed E-state index contributed by atoms with van der Waals surface area (Å²) in [5.74, 6) is 2.86. The monoisotopic (exact) mass is 180 g/mol. The quantitative estimate of drug-likeness (QED) is 0.607. The Morgan fingerprint density at radius 2 is 2.08 bits per heavy atom. The van der Waals surface area contributed by atoms with Gasteiger partial charge in [-0.25, -0.2) is 0 Å². The van der Waals surface area contributed by atoms with Gasteiger partial charge in [-0.3, -0.25) is 4.90 Å². The van der Waals surface area contributed by atoms with Crippen LogP contribution in [-0.4, -0.2) is 35.6 Å². The Kier molecular flexibility index (Phi) is 3.00. The second kappa shape index (κ2) is 3.69. The van der Waals surface area contributed by atoms with Crippen LogP contribution in [0.2, 0.25) is 0 Å². The predicted molar refractivity (Wildman–Crippen MR) is 56.5 cm³/mol. The van der Waals surface area contributed by atoms with Crippen molar-refractivity contribution in [2.24, 2.45) is 0 Å². The molecule has 2 atom stereocenters. The van der Waals surface area contributed by atoms with E-state index in [1.54, 1.807) is 0 Å². The number of hydrogen-bond acceptors (Lipinski definition) is 2. The molecular formula is C11H20N2. The van der Waals surface area contributed by atoms with Crippen LogP contribution in [0.25, 0.3) is 0 Å². The van der Waals surface area contributed by atoms with Gasteiger partial charge in [-0.2, -0.15) is 0 Å². The average molecular weight is 180 g/mol. The Labute approximate surface area is 81.7 Å². The van der Waals surface area contributed by atoms with E-state index in [9.17, 15) is 0 Å². The summed E-state index contributed by atoms with van der Waals surface area (Å²) in [5, 5.41) is 3.45. The highest BCUT2D eigenvalue weighted by Crippen LogP contribution is 2.19. The summed E-state index contributed by atoms with van der Waals surface area (Å²) in [5.41, 5.74) is -0.115. The minimum absolute atomic E-state index is 0.115. The number of rotatable bonds is 1. The summed E-state index contributed by atoms with van der Waals surface area (Å²) in [7, 11) is 0. The van der Waals surface area contributed by atoms with Crippen LogP contribution < -0.4 is 5.32 Å².